The zero-order valence-corrected chi connectivity index (χ0v) is 17.5. The molecule has 4 rings (SSSR count). The van der Waals surface area contributed by atoms with Crippen LogP contribution in [0.25, 0.3) is 22.6 Å². The summed E-state index contributed by atoms with van der Waals surface area (Å²) < 4.78 is 5.28. The number of esters is 1. The third kappa shape index (κ3) is 4.20. The number of fused-ring (bicyclic) bond motifs is 2. The van der Waals surface area contributed by atoms with Crippen molar-refractivity contribution in [1.29, 1.82) is 0 Å². The van der Waals surface area contributed by atoms with Crippen LogP contribution >= 0.6 is 0 Å². The van der Waals surface area contributed by atoms with Gasteiger partial charge in [0.2, 0.25) is 0 Å². The van der Waals surface area contributed by atoms with Crippen molar-refractivity contribution >= 4 is 40.1 Å². The van der Waals surface area contributed by atoms with E-state index in [1.807, 2.05) is 30.3 Å². The second-order valence-electron chi connectivity index (χ2n) is 7.45. The predicted octanol–water partition coefficient (Wildman–Crippen LogP) is 3.92. The van der Waals surface area contributed by atoms with Gasteiger partial charge in [0.15, 0.2) is 6.61 Å². The second kappa shape index (κ2) is 8.97. The van der Waals surface area contributed by atoms with Gasteiger partial charge in [-0.3, -0.25) is 14.9 Å². The van der Waals surface area contributed by atoms with Crippen LogP contribution in [0.3, 0.4) is 0 Å². The summed E-state index contributed by atoms with van der Waals surface area (Å²) >= 11 is 0. The summed E-state index contributed by atoms with van der Waals surface area (Å²) in [6.45, 7) is -0.355. The molecule has 0 saturated carbocycles. The minimum Gasteiger partial charge on any atom is -0.452 e. The molecule has 1 amide bonds. The molecule has 0 spiro atoms. The molecule has 0 saturated heterocycles. The van der Waals surface area contributed by atoms with Gasteiger partial charge >= 0.3 is 5.97 Å². The van der Waals surface area contributed by atoms with Crippen molar-refractivity contribution < 1.29 is 19.2 Å². The number of amides is 1. The number of nitro groups is 1. The molecule has 0 bridgehead atoms. The van der Waals surface area contributed by atoms with E-state index in [1.165, 1.54) is 19.2 Å². The van der Waals surface area contributed by atoms with Gasteiger partial charge in [0, 0.05) is 24.6 Å². The number of benzene rings is 2. The molecule has 0 atom stereocenters. The van der Waals surface area contributed by atoms with E-state index < -0.39 is 10.9 Å². The van der Waals surface area contributed by atoms with E-state index in [9.17, 15) is 19.7 Å². The van der Waals surface area contributed by atoms with Crippen LogP contribution in [-0.2, 0) is 16.0 Å². The van der Waals surface area contributed by atoms with Crippen LogP contribution in [0, 0.1) is 10.1 Å². The number of hydrogen-bond acceptors (Lipinski definition) is 6. The largest absolute Gasteiger partial charge is 0.452 e. The standard InChI is InChI=1S/C24H21N3O5/c1-25-21(28)14-32-24(29)22-18-6-2-3-8-20(18)26-23-16(5-4-7-19(22)23)13-15-9-11-17(12-10-15)27(30)31/h2-3,6,8-13H,4-5,7,14H2,1H3,(H,25,28)/b16-13+. The van der Waals surface area contributed by atoms with Gasteiger partial charge in [-0.1, -0.05) is 18.2 Å². The van der Waals surface area contributed by atoms with E-state index in [-0.39, 0.29) is 18.2 Å². The van der Waals surface area contributed by atoms with E-state index >= 15 is 0 Å². The molecule has 8 nitrogen and oxygen atoms in total. The Labute approximate surface area is 184 Å². The quantitative estimate of drug-likeness (QED) is 0.372. The van der Waals surface area contributed by atoms with Gasteiger partial charge in [0.25, 0.3) is 11.6 Å². The molecular weight excluding hydrogens is 410 g/mol. The molecular formula is C24H21N3O5. The normalized spacial score (nSPS) is 14.1. The highest BCUT2D eigenvalue weighted by molar-refractivity contribution is 6.07. The number of likely N-dealkylation sites (N-methyl/N-ethyl adjacent to an activating group) is 1. The summed E-state index contributed by atoms with van der Waals surface area (Å²) in [5.74, 6) is -0.940. The van der Waals surface area contributed by atoms with E-state index in [2.05, 4.69) is 5.32 Å². The van der Waals surface area contributed by atoms with Crippen LogP contribution < -0.4 is 5.32 Å². The van der Waals surface area contributed by atoms with Crippen LogP contribution in [0.5, 0.6) is 0 Å². The predicted molar refractivity (Wildman–Crippen MR) is 120 cm³/mol. The zero-order valence-electron chi connectivity index (χ0n) is 17.5. The number of non-ortho nitro benzene ring substituents is 1. The molecule has 32 heavy (non-hydrogen) atoms. The van der Waals surface area contributed by atoms with E-state index in [0.29, 0.717) is 22.9 Å². The molecule has 0 fully saturated rings. The summed E-state index contributed by atoms with van der Waals surface area (Å²) in [6, 6.07) is 13.7. The van der Waals surface area contributed by atoms with Crippen molar-refractivity contribution in [1.82, 2.24) is 10.3 Å². The highest BCUT2D eigenvalue weighted by Crippen LogP contribution is 2.36. The fourth-order valence-corrected chi connectivity index (χ4v) is 3.88. The average Bonchev–Trinajstić information content (AvgIpc) is 2.81. The lowest BCUT2D eigenvalue weighted by Gasteiger charge is -2.22. The second-order valence-corrected chi connectivity index (χ2v) is 7.45. The summed E-state index contributed by atoms with van der Waals surface area (Å²) in [7, 11) is 1.48. The molecule has 0 unspecified atom stereocenters. The fraction of sp³-hybridized carbons (Fsp3) is 0.208. The maximum absolute atomic E-state index is 13.0. The number of carbonyl (C=O) groups is 2. The molecule has 1 aliphatic rings. The number of nitrogens with one attached hydrogen (secondary N) is 1. The molecule has 0 aliphatic heterocycles. The molecule has 1 aromatic heterocycles. The molecule has 8 heteroatoms. The van der Waals surface area contributed by atoms with Crippen LogP contribution in [0.15, 0.2) is 48.5 Å². The third-order valence-electron chi connectivity index (χ3n) is 5.43. The lowest BCUT2D eigenvalue weighted by molar-refractivity contribution is -0.384. The van der Waals surface area contributed by atoms with Gasteiger partial charge in [0.1, 0.15) is 0 Å². The van der Waals surface area contributed by atoms with Crippen LogP contribution in [-0.4, -0.2) is 35.4 Å². The average molecular weight is 431 g/mol. The van der Waals surface area contributed by atoms with E-state index in [0.717, 1.165) is 35.2 Å². The summed E-state index contributed by atoms with van der Waals surface area (Å²) in [6.07, 6.45) is 4.20. The minimum atomic E-state index is -0.556. The zero-order chi connectivity index (χ0) is 22.7. The Kier molecular flexibility index (Phi) is 5.93. The smallest absolute Gasteiger partial charge is 0.339 e. The molecule has 0 radical (unpaired) electrons. The SMILES string of the molecule is CNC(=O)COC(=O)c1c2c(nc3ccccc13)/C(=C/c1ccc([N+](=O)[O-])cc1)CCC2. The Morgan fingerprint density at radius 1 is 1.16 bits per heavy atom. The van der Waals surface area contributed by atoms with Crippen molar-refractivity contribution in [2.45, 2.75) is 19.3 Å². The molecule has 162 valence electrons. The maximum Gasteiger partial charge on any atom is 0.339 e. The summed E-state index contributed by atoms with van der Waals surface area (Å²) in [5.41, 5.74) is 4.41. The lowest BCUT2D eigenvalue weighted by Crippen LogP contribution is -2.26. The first-order valence-electron chi connectivity index (χ1n) is 10.2. The van der Waals surface area contributed by atoms with Crippen molar-refractivity contribution in [3.8, 4) is 0 Å². The van der Waals surface area contributed by atoms with Crippen LogP contribution in [0.4, 0.5) is 5.69 Å². The summed E-state index contributed by atoms with van der Waals surface area (Å²) in [4.78, 5) is 39.9. The molecule has 1 N–H and O–H groups in total. The molecule has 1 aliphatic carbocycles. The number of aromatic nitrogens is 1. The number of pyridine rings is 1. The summed E-state index contributed by atoms with van der Waals surface area (Å²) in [5, 5.41) is 14.0. The first kappa shape index (κ1) is 21.2. The highest BCUT2D eigenvalue weighted by atomic mass is 16.6. The van der Waals surface area contributed by atoms with Gasteiger partial charge in [-0.25, -0.2) is 9.78 Å². The highest BCUT2D eigenvalue weighted by Gasteiger charge is 2.26. The van der Waals surface area contributed by atoms with Crippen LogP contribution in [0.1, 0.15) is 40.0 Å². The third-order valence-corrected chi connectivity index (χ3v) is 5.43. The number of hydrogen-bond donors (Lipinski definition) is 1. The number of carbonyl (C=O) groups excluding carboxylic acids is 2. The van der Waals surface area contributed by atoms with Crippen molar-refractivity contribution in [2.75, 3.05) is 13.7 Å². The first-order valence-corrected chi connectivity index (χ1v) is 10.2. The Morgan fingerprint density at radius 2 is 1.91 bits per heavy atom. The Hall–Kier alpha value is -4.07. The number of nitro benzene ring substituents is 1. The number of nitrogens with zero attached hydrogens (tertiary/aromatic N) is 2. The molecule has 1 heterocycles. The van der Waals surface area contributed by atoms with Crippen molar-refractivity contribution in [3.63, 3.8) is 0 Å². The number of allylic oxidation sites excluding steroid dienone is 1. The van der Waals surface area contributed by atoms with Gasteiger partial charge in [-0.2, -0.15) is 0 Å². The minimum absolute atomic E-state index is 0.0291. The Bertz CT molecular complexity index is 1250. The van der Waals surface area contributed by atoms with Gasteiger partial charge in [0.05, 0.1) is 21.7 Å². The van der Waals surface area contributed by atoms with Crippen LogP contribution in [0.2, 0.25) is 0 Å². The molecule has 3 aromatic rings. The van der Waals surface area contributed by atoms with Gasteiger partial charge in [-0.15, -0.1) is 0 Å². The Balaban J connectivity index is 1.80. The Morgan fingerprint density at radius 3 is 2.62 bits per heavy atom. The first-order chi connectivity index (χ1) is 15.5. The lowest BCUT2D eigenvalue weighted by atomic mass is 9.86. The van der Waals surface area contributed by atoms with Gasteiger partial charge < -0.3 is 10.1 Å². The molecule has 2 aromatic carbocycles. The number of ether oxygens (including phenoxy) is 1. The van der Waals surface area contributed by atoms with Gasteiger partial charge in [-0.05, 0) is 60.2 Å². The fourth-order valence-electron chi connectivity index (χ4n) is 3.88. The maximum atomic E-state index is 13.0. The number of para-hydroxylation sites is 1. The number of rotatable bonds is 5. The van der Waals surface area contributed by atoms with E-state index in [4.69, 9.17) is 9.72 Å². The topological polar surface area (TPSA) is 111 Å². The monoisotopic (exact) mass is 431 g/mol. The van der Waals surface area contributed by atoms with E-state index in [1.54, 1.807) is 12.1 Å². The van der Waals surface area contributed by atoms with Crippen molar-refractivity contribution in [3.05, 3.63) is 81.0 Å². The van der Waals surface area contributed by atoms with Crippen molar-refractivity contribution in [2.24, 2.45) is 0 Å².